The molecular weight excluding hydrogens is 428 g/mol. The molecule has 3 atom stereocenters. The van der Waals surface area contributed by atoms with Crippen LogP contribution in [0.25, 0.3) is 11.1 Å². The number of alkyl carbamates (subject to hydrolysis) is 1. The van der Waals surface area contributed by atoms with Gasteiger partial charge in [0.15, 0.2) is 6.10 Å². The molecule has 0 spiro atoms. The molecule has 2 aromatic rings. The Morgan fingerprint density at radius 1 is 1.06 bits per heavy atom. The number of carboxylic acid groups (broad SMARTS) is 1. The molecular formula is C24H26N2O7. The van der Waals surface area contributed by atoms with Crippen LogP contribution < -0.4 is 10.6 Å². The first-order chi connectivity index (χ1) is 16.0. The Kier molecular flexibility index (Phi) is 6.90. The zero-order valence-electron chi connectivity index (χ0n) is 17.9. The fourth-order valence-corrected chi connectivity index (χ4v) is 4.43. The van der Waals surface area contributed by atoms with Crippen LogP contribution in [0.1, 0.15) is 29.9 Å². The van der Waals surface area contributed by atoms with E-state index in [9.17, 15) is 14.4 Å². The second-order valence-electron chi connectivity index (χ2n) is 8.07. The summed E-state index contributed by atoms with van der Waals surface area (Å²) in [6.45, 7) is -0.00374. The van der Waals surface area contributed by atoms with Crippen molar-refractivity contribution in [3.8, 4) is 11.1 Å². The number of carbonyl (C=O) groups excluding carboxylic acids is 2. The fourth-order valence-electron chi connectivity index (χ4n) is 4.43. The summed E-state index contributed by atoms with van der Waals surface area (Å²) < 4.78 is 10.9. The highest BCUT2D eigenvalue weighted by molar-refractivity contribution is 5.87. The molecule has 4 rings (SSSR count). The molecule has 1 aliphatic heterocycles. The lowest BCUT2D eigenvalue weighted by Crippen LogP contribution is -2.52. The van der Waals surface area contributed by atoms with E-state index in [1.165, 1.54) is 0 Å². The number of nitrogens with one attached hydrogen (secondary N) is 2. The molecule has 0 unspecified atom stereocenters. The van der Waals surface area contributed by atoms with Crippen molar-refractivity contribution in [3.05, 3.63) is 59.7 Å². The van der Waals surface area contributed by atoms with Crippen LogP contribution in [-0.2, 0) is 19.1 Å². The second-order valence-corrected chi connectivity index (χ2v) is 8.07. The monoisotopic (exact) mass is 454 g/mol. The van der Waals surface area contributed by atoms with Crippen molar-refractivity contribution in [1.29, 1.82) is 0 Å². The average molecular weight is 454 g/mol. The number of aliphatic hydroxyl groups is 1. The summed E-state index contributed by atoms with van der Waals surface area (Å²) in [6, 6.07) is 14.1. The van der Waals surface area contributed by atoms with Gasteiger partial charge in [-0.2, -0.15) is 0 Å². The molecule has 2 amide bonds. The summed E-state index contributed by atoms with van der Waals surface area (Å²) in [7, 11) is 0. The predicted octanol–water partition coefficient (Wildman–Crippen LogP) is 1.63. The largest absolute Gasteiger partial charge is 0.480 e. The third-order valence-electron chi connectivity index (χ3n) is 6.03. The molecule has 2 aromatic carbocycles. The van der Waals surface area contributed by atoms with E-state index in [-0.39, 0.29) is 32.2 Å². The number of hydrogen-bond acceptors (Lipinski definition) is 6. The highest BCUT2D eigenvalue weighted by atomic mass is 16.6. The molecule has 2 aliphatic rings. The average Bonchev–Trinajstić information content (AvgIpc) is 3.40. The van der Waals surface area contributed by atoms with Gasteiger partial charge in [0.25, 0.3) is 5.91 Å². The van der Waals surface area contributed by atoms with Crippen LogP contribution in [0.5, 0.6) is 0 Å². The number of rotatable bonds is 8. The minimum Gasteiger partial charge on any atom is -0.480 e. The van der Waals surface area contributed by atoms with Gasteiger partial charge >= 0.3 is 12.1 Å². The number of benzene rings is 2. The Labute approximate surface area is 190 Å². The molecule has 4 N–H and O–H groups in total. The zero-order chi connectivity index (χ0) is 23.4. The van der Waals surface area contributed by atoms with Gasteiger partial charge in [-0.05, 0) is 28.7 Å². The molecule has 1 saturated heterocycles. The van der Waals surface area contributed by atoms with Crippen LogP contribution in [-0.4, -0.2) is 66.2 Å². The van der Waals surface area contributed by atoms with E-state index in [0.29, 0.717) is 6.42 Å². The number of ether oxygens (including phenoxy) is 2. The highest BCUT2D eigenvalue weighted by Crippen LogP contribution is 2.44. The van der Waals surface area contributed by atoms with E-state index >= 15 is 0 Å². The molecule has 0 saturated carbocycles. The third-order valence-corrected chi connectivity index (χ3v) is 6.03. The molecule has 1 aliphatic carbocycles. The summed E-state index contributed by atoms with van der Waals surface area (Å²) in [5.41, 5.74) is 4.44. The van der Waals surface area contributed by atoms with Crippen molar-refractivity contribution >= 4 is 18.0 Å². The first-order valence-corrected chi connectivity index (χ1v) is 10.9. The van der Waals surface area contributed by atoms with E-state index in [4.69, 9.17) is 19.7 Å². The van der Waals surface area contributed by atoms with Gasteiger partial charge in [-0.25, -0.2) is 9.59 Å². The van der Waals surface area contributed by atoms with Gasteiger partial charge in [0.05, 0.1) is 6.04 Å². The minimum absolute atomic E-state index is 0.0862. The van der Waals surface area contributed by atoms with Crippen molar-refractivity contribution in [1.82, 2.24) is 10.6 Å². The SMILES string of the molecule is O=C(N[C@H]1CCO[C@H]1C(=O)N[C@@H](CCO)C(=O)O)OCC1c2ccccc2-c2ccccc21. The maximum absolute atomic E-state index is 12.5. The van der Waals surface area contributed by atoms with Gasteiger partial charge in [-0.15, -0.1) is 0 Å². The minimum atomic E-state index is -1.25. The maximum atomic E-state index is 12.5. The Morgan fingerprint density at radius 3 is 2.30 bits per heavy atom. The lowest BCUT2D eigenvalue weighted by Gasteiger charge is -2.22. The lowest BCUT2D eigenvalue weighted by molar-refractivity contribution is -0.144. The Morgan fingerprint density at radius 2 is 1.70 bits per heavy atom. The third kappa shape index (κ3) is 4.84. The van der Waals surface area contributed by atoms with Crippen LogP contribution in [0.3, 0.4) is 0 Å². The van der Waals surface area contributed by atoms with E-state index in [0.717, 1.165) is 22.3 Å². The summed E-state index contributed by atoms with van der Waals surface area (Å²) in [4.78, 5) is 36.3. The van der Waals surface area contributed by atoms with E-state index in [1.807, 2.05) is 36.4 Å². The number of amides is 2. The van der Waals surface area contributed by atoms with Crippen molar-refractivity contribution in [2.75, 3.05) is 19.8 Å². The normalized spacial score (nSPS) is 19.9. The molecule has 1 heterocycles. The number of hydrogen-bond donors (Lipinski definition) is 4. The lowest BCUT2D eigenvalue weighted by atomic mass is 9.98. The Hall–Kier alpha value is -3.43. The standard InChI is InChI=1S/C24H26N2O7/c27-11-9-20(23(29)30)25-22(28)21-19(10-12-32-21)26-24(31)33-13-18-16-7-3-1-5-14(16)15-6-2-4-8-17(15)18/h1-8,18-21,27H,9-13H2,(H,25,28)(H,26,31)(H,29,30)/t19-,20-,21+/m0/s1. The molecule has 0 bridgehead atoms. The van der Waals surface area contributed by atoms with Gasteiger partial charge in [0.1, 0.15) is 12.6 Å². The summed E-state index contributed by atoms with van der Waals surface area (Å²) >= 11 is 0. The van der Waals surface area contributed by atoms with Gasteiger partial charge in [0, 0.05) is 25.6 Å². The molecule has 33 heavy (non-hydrogen) atoms. The molecule has 174 valence electrons. The van der Waals surface area contributed by atoms with Crippen molar-refractivity contribution in [3.63, 3.8) is 0 Å². The topological polar surface area (TPSA) is 134 Å². The molecule has 0 aromatic heterocycles. The Balaban J connectivity index is 1.36. The van der Waals surface area contributed by atoms with E-state index in [2.05, 4.69) is 22.8 Å². The quantitative estimate of drug-likeness (QED) is 0.476. The second kappa shape index (κ2) is 10.0. The van der Waals surface area contributed by atoms with Crippen LogP contribution in [0.15, 0.2) is 48.5 Å². The highest BCUT2D eigenvalue weighted by Gasteiger charge is 2.37. The summed E-state index contributed by atoms with van der Waals surface area (Å²) in [5, 5.41) is 23.2. The number of aliphatic carboxylic acids is 1. The van der Waals surface area contributed by atoms with Crippen LogP contribution >= 0.6 is 0 Å². The number of carboxylic acids is 1. The molecule has 9 heteroatoms. The summed E-state index contributed by atoms with van der Waals surface area (Å²) in [5.74, 6) is -1.99. The first-order valence-electron chi connectivity index (χ1n) is 10.9. The summed E-state index contributed by atoms with van der Waals surface area (Å²) in [6.07, 6.45) is -1.44. The predicted molar refractivity (Wildman–Crippen MR) is 118 cm³/mol. The van der Waals surface area contributed by atoms with Crippen molar-refractivity contribution in [2.24, 2.45) is 0 Å². The Bertz CT molecular complexity index is 995. The van der Waals surface area contributed by atoms with Crippen molar-refractivity contribution < 1.29 is 34.1 Å². The maximum Gasteiger partial charge on any atom is 0.407 e. The van der Waals surface area contributed by atoms with Crippen LogP contribution in [0.4, 0.5) is 4.79 Å². The van der Waals surface area contributed by atoms with Crippen LogP contribution in [0, 0.1) is 0 Å². The number of fused-ring (bicyclic) bond motifs is 3. The van der Waals surface area contributed by atoms with Gasteiger partial charge in [-0.3, -0.25) is 4.79 Å². The van der Waals surface area contributed by atoms with E-state index < -0.39 is 36.2 Å². The van der Waals surface area contributed by atoms with Gasteiger partial charge < -0.3 is 30.3 Å². The molecule has 9 nitrogen and oxygen atoms in total. The van der Waals surface area contributed by atoms with Gasteiger partial charge in [-0.1, -0.05) is 48.5 Å². The van der Waals surface area contributed by atoms with Crippen molar-refractivity contribution in [2.45, 2.75) is 36.9 Å². The van der Waals surface area contributed by atoms with Gasteiger partial charge in [0.2, 0.25) is 0 Å². The van der Waals surface area contributed by atoms with Crippen LogP contribution in [0.2, 0.25) is 0 Å². The van der Waals surface area contributed by atoms with E-state index in [1.54, 1.807) is 0 Å². The number of aliphatic hydroxyl groups excluding tert-OH is 1. The smallest absolute Gasteiger partial charge is 0.407 e. The first kappa shape index (κ1) is 22.8. The zero-order valence-corrected chi connectivity index (χ0v) is 17.9. The number of carbonyl (C=O) groups is 3. The fraction of sp³-hybridized carbons (Fsp3) is 0.375. The molecule has 0 radical (unpaired) electrons. The molecule has 1 fully saturated rings.